The fraction of sp³-hybridized carbons (Fsp3) is 0.320. The summed E-state index contributed by atoms with van der Waals surface area (Å²) in [5.74, 6) is 0.548. The second-order valence-electron chi connectivity index (χ2n) is 7.96. The van der Waals surface area contributed by atoms with Gasteiger partial charge in [-0.3, -0.25) is 4.90 Å². The van der Waals surface area contributed by atoms with Crippen molar-refractivity contribution in [2.75, 3.05) is 45.0 Å². The number of β-amino-alcohol motifs (C(OH)–C–C–N with tert-alkyl or cyclic N) is 1. The van der Waals surface area contributed by atoms with Gasteiger partial charge in [-0.15, -0.1) is 0 Å². The highest BCUT2D eigenvalue weighted by Crippen LogP contribution is 2.19. The van der Waals surface area contributed by atoms with E-state index in [1.807, 2.05) is 42.5 Å². The molecule has 0 spiro atoms. The summed E-state index contributed by atoms with van der Waals surface area (Å²) in [6.07, 6.45) is 0.628. The van der Waals surface area contributed by atoms with Crippen molar-refractivity contribution in [3.05, 3.63) is 83.9 Å². The van der Waals surface area contributed by atoms with Gasteiger partial charge < -0.3 is 15.7 Å². The fourth-order valence-corrected chi connectivity index (χ4v) is 3.96. The Morgan fingerprint density at radius 1 is 0.833 bits per heavy atom. The minimum atomic E-state index is -0.411. The fourth-order valence-electron chi connectivity index (χ4n) is 3.96. The molecule has 1 aliphatic heterocycles. The largest absolute Gasteiger partial charge is 0.387 e. The zero-order valence-electron chi connectivity index (χ0n) is 17.3. The van der Waals surface area contributed by atoms with Gasteiger partial charge in [-0.05, 0) is 29.7 Å². The molecule has 3 N–H and O–H groups in total. The van der Waals surface area contributed by atoms with Gasteiger partial charge in [0, 0.05) is 44.8 Å². The molecule has 2 heterocycles. The first kappa shape index (κ1) is 20.5. The summed E-state index contributed by atoms with van der Waals surface area (Å²) in [7, 11) is 0. The van der Waals surface area contributed by atoms with Crippen LogP contribution in [0, 0.1) is 0 Å². The van der Waals surface area contributed by atoms with Crippen molar-refractivity contribution in [2.24, 2.45) is 0 Å². The summed E-state index contributed by atoms with van der Waals surface area (Å²) in [5, 5.41) is 10.4. The van der Waals surface area contributed by atoms with E-state index in [1.54, 1.807) is 6.07 Å². The van der Waals surface area contributed by atoms with Crippen LogP contribution in [0.25, 0.3) is 11.3 Å². The maximum absolute atomic E-state index is 10.4. The number of nitrogens with two attached hydrogens (primary N) is 1. The Bertz CT molecular complexity index is 921. The predicted octanol–water partition coefficient (Wildman–Crippen LogP) is 3.22. The van der Waals surface area contributed by atoms with Crippen LogP contribution < -0.4 is 5.73 Å². The molecule has 1 atom stereocenters. The van der Waals surface area contributed by atoms with Crippen LogP contribution in [0.2, 0.25) is 0 Å². The molecule has 30 heavy (non-hydrogen) atoms. The van der Waals surface area contributed by atoms with Crippen LogP contribution in [-0.2, 0) is 6.42 Å². The minimum absolute atomic E-state index is 0.411. The molecule has 5 nitrogen and oxygen atoms in total. The van der Waals surface area contributed by atoms with E-state index in [0.29, 0.717) is 12.4 Å². The molecular weight excluding hydrogens is 372 g/mol. The summed E-state index contributed by atoms with van der Waals surface area (Å²) in [4.78, 5) is 9.26. The molecule has 1 fully saturated rings. The zero-order valence-corrected chi connectivity index (χ0v) is 17.3. The van der Waals surface area contributed by atoms with Crippen LogP contribution in [0.3, 0.4) is 0 Å². The molecule has 0 amide bonds. The third-order valence-corrected chi connectivity index (χ3v) is 5.82. The number of hydrogen-bond acceptors (Lipinski definition) is 5. The van der Waals surface area contributed by atoms with Gasteiger partial charge >= 0.3 is 0 Å². The third kappa shape index (κ3) is 5.45. The number of nitrogen functional groups attached to an aromatic ring is 1. The normalized spacial score (nSPS) is 16.4. The molecule has 5 heteroatoms. The average molecular weight is 403 g/mol. The number of rotatable bonds is 7. The van der Waals surface area contributed by atoms with Crippen molar-refractivity contribution in [1.82, 2.24) is 14.8 Å². The molecular formula is C25H30N4O. The van der Waals surface area contributed by atoms with E-state index >= 15 is 0 Å². The summed E-state index contributed by atoms with van der Waals surface area (Å²) in [6.45, 7) is 5.87. The average Bonchev–Trinajstić information content (AvgIpc) is 2.79. The SMILES string of the molecule is Nc1cccc(-c2ccc(CCN3CCN(CC(O)c4ccccc4)CC3)cc2)n1. The minimum Gasteiger partial charge on any atom is -0.387 e. The number of aliphatic hydroxyl groups excluding tert-OH is 1. The molecule has 1 unspecified atom stereocenters. The van der Waals surface area contributed by atoms with Gasteiger partial charge in [0.25, 0.3) is 0 Å². The molecule has 1 aromatic heterocycles. The monoisotopic (exact) mass is 402 g/mol. The van der Waals surface area contributed by atoms with Gasteiger partial charge in [0.05, 0.1) is 11.8 Å². The van der Waals surface area contributed by atoms with E-state index in [1.165, 1.54) is 5.56 Å². The number of anilines is 1. The Hall–Kier alpha value is -2.73. The molecule has 1 aliphatic rings. The summed E-state index contributed by atoms with van der Waals surface area (Å²) >= 11 is 0. The topological polar surface area (TPSA) is 65.6 Å². The molecule has 4 rings (SSSR count). The Kier molecular flexibility index (Phi) is 6.74. The molecule has 1 saturated heterocycles. The van der Waals surface area contributed by atoms with Crippen molar-refractivity contribution in [2.45, 2.75) is 12.5 Å². The Morgan fingerprint density at radius 2 is 1.53 bits per heavy atom. The standard InChI is InChI=1S/C25H30N4O/c26-25-8-4-7-23(27-25)21-11-9-20(10-12-21)13-14-28-15-17-29(18-16-28)19-24(30)22-5-2-1-3-6-22/h1-12,24,30H,13-19H2,(H2,26,27). The lowest BCUT2D eigenvalue weighted by Gasteiger charge is -2.35. The van der Waals surface area contributed by atoms with Crippen LogP contribution in [0.15, 0.2) is 72.8 Å². The van der Waals surface area contributed by atoms with Crippen molar-refractivity contribution < 1.29 is 5.11 Å². The second kappa shape index (κ2) is 9.85. The first-order valence-electron chi connectivity index (χ1n) is 10.7. The molecule has 156 valence electrons. The molecule has 0 saturated carbocycles. The van der Waals surface area contributed by atoms with Crippen LogP contribution in [0.4, 0.5) is 5.82 Å². The van der Waals surface area contributed by atoms with Gasteiger partial charge in [-0.25, -0.2) is 4.98 Å². The van der Waals surface area contributed by atoms with E-state index in [-0.39, 0.29) is 0 Å². The first-order chi connectivity index (χ1) is 14.7. The summed E-state index contributed by atoms with van der Waals surface area (Å²) < 4.78 is 0. The van der Waals surface area contributed by atoms with Crippen LogP contribution in [0.5, 0.6) is 0 Å². The van der Waals surface area contributed by atoms with E-state index in [9.17, 15) is 5.11 Å². The number of aliphatic hydroxyl groups is 1. The van der Waals surface area contributed by atoms with Crippen molar-refractivity contribution >= 4 is 5.82 Å². The maximum Gasteiger partial charge on any atom is 0.124 e. The van der Waals surface area contributed by atoms with Crippen molar-refractivity contribution in [3.63, 3.8) is 0 Å². The van der Waals surface area contributed by atoms with E-state index in [2.05, 4.69) is 39.0 Å². The number of aromatic nitrogens is 1. The Balaban J connectivity index is 1.22. The zero-order chi connectivity index (χ0) is 20.8. The van der Waals surface area contributed by atoms with Gasteiger partial charge in [-0.1, -0.05) is 60.7 Å². The lowest BCUT2D eigenvalue weighted by molar-refractivity contribution is 0.0730. The van der Waals surface area contributed by atoms with E-state index in [4.69, 9.17) is 5.73 Å². The molecule has 2 aromatic carbocycles. The molecule has 3 aromatic rings. The van der Waals surface area contributed by atoms with Crippen LogP contribution >= 0.6 is 0 Å². The van der Waals surface area contributed by atoms with E-state index in [0.717, 1.165) is 56.0 Å². The highest BCUT2D eigenvalue weighted by molar-refractivity contribution is 5.61. The molecule has 0 bridgehead atoms. The van der Waals surface area contributed by atoms with Crippen molar-refractivity contribution in [1.29, 1.82) is 0 Å². The maximum atomic E-state index is 10.4. The molecule has 0 radical (unpaired) electrons. The quantitative estimate of drug-likeness (QED) is 0.635. The second-order valence-corrected chi connectivity index (χ2v) is 7.96. The van der Waals surface area contributed by atoms with Gasteiger partial charge in [0.15, 0.2) is 0 Å². The Morgan fingerprint density at radius 3 is 2.23 bits per heavy atom. The summed E-state index contributed by atoms with van der Waals surface area (Å²) in [5.41, 5.74) is 10.1. The predicted molar refractivity (Wildman–Crippen MR) is 122 cm³/mol. The van der Waals surface area contributed by atoms with E-state index < -0.39 is 6.10 Å². The number of benzene rings is 2. The van der Waals surface area contributed by atoms with Gasteiger partial charge in [0.2, 0.25) is 0 Å². The highest BCUT2D eigenvalue weighted by atomic mass is 16.3. The molecule has 0 aliphatic carbocycles. The third-order valence-electron chi connectivity index (χ3n) is 5.82. The Labute approximate surface area is 178 Å². The lowest BCUT2D eigenvalue weighted by Crippen LogP contribution is -2.47. The summed E-state index contributed by atoms with van der Waals surface area (Å²) in [6, 6.07) is 24.3. The van der Waals surface area contributed by atoms with Gasteiger partial charge in [-0.2, -0.15) is 0 Å². The van der Waals surface area contributed by atoms with Crippen molar-refractivity contribution in [3.8, 4) is 11.3 Å². The van der Waals surface area contributed by atoms with Crippen LogP contribution in [-0.4, -0.2) is 59.2 Å². The first-order valence-corrected chi connectivity index (χ1v) is 10.7. The number of piperazine rings is 1. The number of pyridine rings is 1. The van der Waals surface area contributed by atoms with Crippen LogP contribution in [0.1, 0.15) is 17.2 Å². The lowest BCUT2D eigenvalue weighted by atomic mass is 10.1. The number of nitrogens with zero attached hydrogens (tertiary/aromatic N) is 3. The smallest absolute Gasteiger partial charge is 0.124 e. The highest BCUT2D eigenvalue weighted by Gasteiger charge is 2.19. The number of hydrogen-bond donors (Lipinski definition) is 2. The van der Waals surface area contributed by atoms with Gasteiger partial charge in [0.1, 0.15) is 5.82 Å².